The average Bonchev–Trinajstić information content (AvgIpc) is 3.09. The van der Waals surface area contributed by atoms with E-state index in [0.29, 0.717) is 23.8 Å². The molecule has 1 aliphatic rings. The van der Waals surface area contributed by atoms with Crippen molar-refractivity contribution >= 4 is 28.2 Å². The lowest BCUT2D eigenvalue weighted by Crippen LogP contribution is -2.42. The summed E-state index contributed by atoms with van der Waals surface area (Å²) in [5.41, 5.74) is 3.91. The first kappa shape index (κ1) is 17.9. The third kappa shape index (κ3) is 4.02. The summed E-state index contributed by atoms with van der Waals surface area (Å²) in [5, 5.41) is 4.70. The second-order valence-corrected chi connectivity index (χ2v) is 7.10. The highest BCUT2D eigenvalue weighted by atomic mass is 32.1. The van der Waals surface area contributed by atoms with E-state index in [1.165, 1.54) is 11.1 Å². The molecule has 0 amide bonds. The summed E-state index contributed by atoms with van der Waals surface area (Å²) in [6, 6.07) is 6.12. The molecule has 6 heteroatoms. The summed E-state index contributed by atoms with van der Waals surface area (Å²) in [7, 11) is 1.81. The molecule has 5 nitrogen and oxygen atoms in total. The number of hydrogen-bond donors (Lipinski definition) is 2. The molecule has 1 atom stereocenters. The zero-order valence-corrected chi connectivity index (χ0v) is 15.8. The molecule has 2 aromatic rings. The normalized spacial score (nSPS) is 17.0. The summed E-state index contributed by atoms with van der Waals surface area (Å²) in [6.45, 7) is 6.11. The lowest BCUT2D eigenvalue weighted by Gasteiger charge is -2.27. The molecular formula is C19H25N3O2S. The Morgan fingerprint density at radius 2 is 2.12 bits per heavy atom. The number of hydrogen-bond acceptors (Lipinski definition) is 3. The van der Waals surface area contributed by atoms with Crippen molar-refractivity contribution in [3.63, 3.8) is 0 Å². The molecule has 1 aromatic carbocycles. The van der Waals surface area contributed by atoms with Crippen LogP contribution in [0.5, 0.6) is 0 Å². The zero-order chi connectivity index (χ0) is 18.0. The van der Waals surface area contributed by atoms with Gasteiger partial charge in [-0.3, -0.25) is 4.79 Å². The Morgan fingerprint density at radius 3 is 2.80 bits per heavy atom. The van der Waals surface area contributed by atoms with E-state index in [4.69, 9.17) is 17.0 Å². The van der Waals surface area contributed by atoms with Gasteiger partial charge >= 0.3 is 0 Å². The van der Waals surface area contributed by atoms with Gasteiger partial charge in [0.2, 0.25) is 0 Å². The number of thiocarbonyl (C=S) groups is 1. The number of rotatable bonds is 4. The Labute approximate surface area is 153 Å². The number of nitrogens with zero attached hydrogens (tertiary/aromatic N) is 1. The maximum atomic E-state index is 12.5. The molecule has 0 bridgehead atoms. The lowest BCUT2D eigenvalue weighted by molar-refractivity contribution is 0.0898. The number of nitrogens with one attached hydrogen (secondary N) is 2. The van der Waals surface area contributed by atoms with E-state index >= 15 is 0 Å². The summed E-state index contributed by atoms with van der Waals surface area (Å²) in [4.78, 5) is 17.6. The zero-order valence-electron chi connectivity index (χ0n) is 15.0. The van der Waals surface area contributed by atoms with Crippen LogP contribution in [0.2, 0.25) is 0 Å². The first-order valence-electron chi connectivity index (χ1n) is 8.69. The maximum absolute atomic E-state index is 12.5. The molecule has 1 unspecified atom stereocenters. The van der Waals surface area contributed by atoms with Gasteiger partial charge in [0.25, 0.3) is 5.56 Å². The number of aromatic nitrogens is 1. The molecule has 1 aromatic heterocycles. The summed E-state index contributed by atoms with van der Waals surface area (Å²) in [6.07, 6.45) is 2.30. The highest BCUT2D eigenvalue weighted by molar-refractivity contribution is 7.80. The smallest absolute Gasteiger partial charge is 0.253 e. The fraction of sp³-hybridized carbons (Fsp3) is 0.474. The number of aryl methyl sites for hydroxylation is 2. The molecule has 134 valence electrons. The molecule has 0 radical (unpaired) electrons. The number of benzene rings is 1. The first-order valence-corrected chi connectivity index (χ1v) is 9.10. The largest absolute Gasteiger partial charge is 0.376 e. The van der Waals surface area contributed by atoms with Gasteiger partial charge in [-0.05, 0) is 73.6 Å². The SMILES string of the molecule is CNC(=S)N(Cc1cc2cc(C)c(C)cc2[nH]c1=O)CC1CCCO1. The monoisotopic (exact) mass is 359 g/mol. The number of ether oxygens (including phenoxy) is 1. The van der Waals surface area contributed by atoms with Crippen molar-refractivity contribution in [1.29, 1.82) is 0 Å². The minimum Gasteiger partial charge on any atom is -0.376 e. The van der Waals surface area contributed by atoms with Crippen LogP contribution in [0.1, 0.15) is 29.5 Å². The fourth-order valence-corrected chi connectivity index (χ4v) is 3.40. The third-order valence-electron chi connectivity index (χ3n) is 4.85. The van der Waals surface area contributed by atoms with E-state index in [-0.39, 0.29) is 11.7 Å². The van der Waals surface area contributed by atoms with Gasteiger partial charge in [0.15, 0.2) is 5.11 Å². The molecule has 0 saturated carbocycles. The van der Waals surface area contributed by atoms with Gasteiger partial charge in [-0.15, -0.1) is 0 Å². The van der Waals surface area contributed by atoms with Crippen molar-refractivity contribution in [2.45, 2.75) is 39.3 Å². The number of H-pyrrole nitrogens is 1. The standard InChI is InChI=1S/C19H25N3O2S/c1-12-7-14-9-15(18(23)21-17(14)8-13(12)2)10-22(19(25)20-3)11-16-5-4-6-24-16/h7-9,16H,4-6,10-11H2,1-3H3,(H,20,25)(H,21,23). The van der Waals surface area contributed by atoms with Crippen LogP contribution in [0.3, 0.4) is 0 Å². The second kappa shape index (κ2) is 7.54. The van der Waals surface area contributed by atoms with E-state index in [0.717, 1.165) is 30.4 Å². The van der Waals surface area contributed by atoms with Crippen LogP contribution in [-0.4, -0.2) is 41.3 Å². The van der Waals surface area contributed by atoms with Crippen molar-refractivity contribution in [1.82, 2.24) is 15.2 Å². The average molecular weight is 359 g/mol. The van der Waals surface area contributed by atoms with Gasteiger partial charge < -0.3 is 19.9 Å². The maximum Gasteiger partial charge on any atom is 0.253 e. The van der Waals surface area contributed by atoms with Crippen LogP contribution in [0.15, 0.2) is 23.0 Å². The molecule has 1 saturated heterocycles. The number of fused-ring (bicyclic) bond motifs is 1. The van der Waals surface area contributed by atoms with E-state index in [1.807, 2.05) is 24.1 Å². The van der Waals surface area contributed by atoms with Gasteiger partial charge in [0.05, 0.1) is 12.6 Å². The van der Waals surface area contributed by atoms with Crippen LogP contribution in [0, 0.1) is 13.8 Å². The van der Waals surface area contributed by atoms with Gasteiger partial charge in [-0.25, -0.2) is 0 Å². The predicted molar refractivity (Wildman–Crippen MR) is 105 cm³/mol. The van der Waals surface area contributed by atoms with E-state index in [2.05, 4.69) is 30.2 Å². The van der Waals surface area contributed by atoms with Crippen LogP contribution in [0.4, 0.5) is 0 Å². The minimum absolute atomic E-state index is 0.0630. The van der Waals surface area contributed by atoms with Gasteiger partial charge in [0, 0.05) is 31.3 Å². The lowest BCUT2D eigenvalue weighted by atomic mass is 10.0. The number of aromatic amines is 1. The first-order chi connectivity index (χ1) is 12.0. The molecule has 1 aliphatic heterocycles. The molecule has 2 N–H and O–H groups in total. The second-order valence-electron chi connectivity index (χ2n) is 6.72. The van der Waals surface area contributed by atoms with Gasteiger partial charge in [-0.2, -0.15) is 0 Å². The Hall–Kier alpha value is -1.92. The quantitative estimate of drug-likeness (QED) is 0.822. The van der Waals surface area contributed by atoms with Crippen LogP contribution in [-0.2, 0) is 11.3 Å². The summed E-state index contributed by atoms with van der Waals surface area (Å²) < 4.78 is 5.73. The van der Waals surface area contributed by atoms with Crippen molar-refractivity contribution in [3.8, 4) is 0 Å². The molecule has 3 rings (SSSR count). The van der Waals surface area contributed by atoms with Crippen molar-refractivity contribution in [2.75, 3.05) is 20.2 Å². The topological polar surface area (TPSA) is 57.4 Å². The number of pyridine rings is 1. The van der Waals surface area contributed by atoms with Crippen molar-refractivity contribution < 1.29 is 4.74 Å². The van der Waals surface area contributed by atoms with Crippen molar-refractivity contribution in [3.05, 3.63) is 45.2 Å². The molecule has 25 heavy (non-hydrogen) atoms. The Kier molecular flexibility index (Phi) is 5.39. The van der Waals surface area contributed by atoms with Crippen LogP contribution in [0.25, 0.3) is 10.9 Å². The van der Waals surface area contributed by atoms with E-state index in [9.17, 15) is 4.79 Å². The molecule has 0 spiro atoms. The predicted octanol–water partition coefficient (Wildman–Crippen LogP) is 2.63. The Bertz CT molecular complexity index is 840. The highest BCUT2D eigenvalue weighted by Crippen LogP contribution is 2.19. The fourth-order valence-electron chi connectivity index (χ4n) is 3.26. The van der Waals surface area contributed by atoms with Crippen LogP contribution < -0.4 is 10.9 Å². The minimum atomic E-state index is -0.0630. The van der Waals surface area contributed by atoms with Gasteiger partial charge in [-0.1, -0.05) is 0 Å². The summed E-state index contributed by atoms with van der Waals surface area (Å²) in [5.74, 6) is 0. The van der Waals surface area contributed by atoms with E-state index < -0.39 is 0 Å². The summed E-state index contributed by atoms with van der Waals surface area (Å²) >= 11 is 5.43. The van der Waals surface area contributed by atoms with Crippen LogP contribution >= 0.6 is 12.2 Å². The Morgan fingerprint density at radius 1 is 1.36 bits per heavy atom. The van der Waals surface area contributed by atoms with E-state index in [1.54, 1.807) is 0 Å². The molecule has 0 aliphatic carbocycles. The molecule has 1 fully saturated rings. The highest BCUT2D eigenvalue weighted by Gasteiger charge is 2.21. The van der Waals surface area contributed by atoms with Gasteiger partial charge in [0.1, 0.15) is 0 Å². The Balaban J connectivity index is 1.90. The van der Waals surface area contributed by atoms with Crippen molar-refractivity contribution in [2.24, 2.45) is 0 Å². The molecular weight excluding hydrogens is 334 g/mol. The third-order valence-corrected chi connectivity index (χ3v) is 5.31. The molecule has 2 heterocycles.